The highest BCUT2D eigenvalue weighted by atomic mass is 31.2. The van der Waals surface area contributed by atoms with Gasteiger partial charge in [0.15, 0.2) is 11.2 Å². The molecule has 240 valence electrons. The molecule has 1 aliphatic carbocycles. The molecule has 2 aromatic rings. The predicted molar refractivity (Wildman–Crippen MR) is 151 cm³/mol. The third kappa shape index (κ3) is 5.82. The zero-order valence-electron chi connectivity index (χ0n) is 25.0. The van der Waals surface area contributed by atoms with E-state index in [1.807, 2.05) is 0 Å². The van der Waals surface area contributed by atoms with Crippen LogP contribution in [-0.2, 0) is 32.9 Å². The number of rotatable bonds is 15. The number of anilines is 1. The van der Waals surface area contributed by atoms with Crippen molar-refractivity contribution in [1.29, 1.82) is 0 Å². The fourth-order valence-corrected chi connectivity index (χ4v) is 7.48. The first-order chi connectivity index (χ1) is 20.3. The Bertz CT molecular complexity index is 1360. The number of carbonyl (C=O) groups excluding carboxylic acids is 2. The first-order valence-electron chi connectivity index (χ1n) is 14.1. The van der Waals surface area contributed by atoms with Gasteiger partial charge in [0, 0.05) is 0 Å². The minimum Gasteiger partial charge on any atom is -0.479 e. The summed E-state index contributed by atoms with van der Waals surface area (Å²) in [6.07, 6.45) is -0.836. The van der Waals surface area contributed by atoms with Crippen molar-refractivity contribution in [3.05, 3.63) is 6.33 Å². The molecule has 18 heteroatoms. The van der Waals surface area contributed by atoms with Gasteiger partial charge < -0.3 is 44.0 Å². The first kappa shape index (κ1) is 33.0. The molecule has 2 fully saturated rings. The lowest BCUT2D eigenvalue weighted by molar-refractivity contribution is -0.145. The minimum absolute atomic E-state index is 0.0704. The minimum atomic E-state index is -4.19. The van der Waals surface area contributed by atoms with Gasteiger partial charge in [0.25, 0.3) is 0 Å². The van der Waals surface area contributed by atoms with Gasteiger partial charge in [-0.05, 0) is 33.6 Å². The number of carbonyl (C=O) groups is 2. The number of nitrogens with two attached hydrogens (primary N) is 1. The zero-order chi connectivity index (χ0) is 31.7. The van der Waals surface area contributed by atoms with Crippen molar-refractivity contribution in [3.63, 3.8) is 0 Å². The summed E-state index contributed by atoms with van der Waals surface area (Å²) < 4.78 is 42.8. The summed E-state index contributed by atoms with van der Waals surface area (Å²) in [5.74, 6) is -1.24. The Balaban J connectivity index is 1.54. The summed E-state index contributed by atoms with van der Waals surface area (Å²) in [6, 6.07) is -2.89. The van der Waals surface area contributed by atoms with Gasteiger partial charge in [-0.25, -0.2) is 15.2 Å². The molecule has 7 unspecified atom stereocenters. The van der Waals surface area contributed by atoms with E-state index in [1.165, 1.54) is 18.0 Å². The van der Waals surface area contributed by atoms with Crippen LogP contribution in [0.15, 0.2) is 6.33 Å². The summed E-state index contributed by atoms with van der Waals surface area (Å²) in [6.45, 7) is 7.98. The lowest BCUT2D eigenvalue weighted by Crippen LogP contribution is -2.45. The maximum Gasteiger partial charge on any atom is 0.342 e. The summed E-state index contributed by atoms with van der Waals surface area (Å²) in [5.41, 5.74) is 3.27. The topological polar surface area (TPSA) is 232 Å². The Morgan fingerprint density at radius 3 is 2.19 bits per heavy atom. The molecule has 2 aliphatic rings. The predicted octanol–water partition coefficient (Wildman–Crippen LogP) is 0.209. The molecule has 0 spiro atoms. The molecule has 0 aromatic carbocycles. The molecule has 2 aromatic heterocycles. The zero-order valence-corrected chi connectivity index (χ0v) is 25.9. The van der Waals surface area contributed by atoms with E-state index in [1.54, 1.807) is 34.6 Å². The third-order valence-electron chi connectivity index (χ3n) is 7.76. The number of esters is 2. The van der Waals surface area contributed by atoms with Crippen LogP contribution in [-0.4, -0.2) is 104 Å². The standard InChI is InChI=1S/C25H40N7O10P/c1-7-13(20(34)39-9-3)30-43(37,31-14(8-2)21(35)40-10-4)41-11-15-17(33)25(36)22(24(25,5)42-15)32-12-27-16-18(32)28-23(26)29-19(16)38-6/h12-15,17,22,33,36H,7-11H2,1-6H3,(H2,26,28,29)(H2,30,31,37). The number of hydrogen-bond acceptors (Lipinski definition) is 14. The highest BCUT2D eigenvalue weighted by Gasteiger charge is 2.85. The third-order valence-corrected chi connectivity index (χ3v) is 9.57. The van der Waals surface area contributed by atoms with Gasteiger partial charge >= 0.3 is 19.6 Å². The molecular weight excluding hydrogens is 589 g/mol. The number of nitrogens with one attached hydrogen (secondary N) is 2. The van der Waals surface area contributed by atoms with E-state index >= 15 is 0 Å². The second-order valence-electron chi connectivity index (χ2n) is 10.4. The molecule has 43 heavy (non-hydrogen) atoms. The average Bonchev–Trinajstić information content (AvgIpc) is 3.18. The molecule has 17 nitrogen and oxygen atoms in total. The normalized spacial score (nSPS) is 29.0. The van der Waals surface area contributed by atoms with Crippen LogP contribution < -0.4 is 20.6 Å². The molecule has 0 radical (unpaired) electrons. The summed E-state index contributed by atoms with van der Waals surface area (Å²) in [4.78, 5) is 37.5. The van der Waals surface area contributed by atoms with Crippen LogP contribution in [0.1, 0.15) is 53.5 Å². The Hall–Kier alpha value is -2.92. The molecule has 6 N–H and O–H groups in total. The van der Waals surface area contributed by atoms with Crippen LogP contribution >= 0.6 is 7.67 Å². The monoisotopic (exact) mass is 629 g/mol. The Morgan fingerprint density at radius 1 is 1.14 bits per heavy atom. The molecule has 1 aliphatic heterocycles. The largest absolute Gasteiger partial charge is 0.479 e. The van der Waals surface area contributed by atoms with E-state index < -0.39 is 67.8 Å². The molecule has 3 heterocycles. The fourth-order valence-electron chi connectivity index (χ4n) is 5.50. The quantitative estimate of drug-likeness (QED) is 0.131. The average molecular weight is 630 g/mol. The van der Waals surface area contributed by atoms with Gasteiger partial charge in [0.2, 0.25) is 11.8 Å². The highest BCUT2D eigenvalue weighted by molar-refractivity contribution is 7.54. The Kier molecular flexibility index (Phi) is 9.66. The molecule has 1 saturated carbocycles. The van der Waals surface area contributed by atoms with E-state index in [-0.39, 0.29) is 43.5 Å². The van der Waals surface area contributed by atoms with Gasteiger partial charge in [0.05, 0.1) is 33.3 Å². The summed E-state index contributed by atoms with van der Waals surface area (Å²) in [7, 11) is -2.78. The highest BCUT2D eigenvalue weighted by Crippen LogP contribution is 2.68. The van der Waals surface area contributed by atoms with Crippen molar-refractivity contribution < 1.29 is 47.8 Å². The maximum absolute atomic E-state index is 14.1. The van der Waals surface area contributed by atoms with E-state index in [2.05, 4.69) is 25.1 Å². The number of nitrogen functional groups attached to an aromatic ring is 1. The van der Waals surface area contributed by atoms with Crippen LogP contribution in [0.5, 0.6) is 5.88 Å². The fraction of sp³-hybridized carbons (Fsp3) is 0.720. The molecule has 4 rings (SSSR count). The van der Waals surface area contributed by atoms with E-state index in [4.69, 9.17) is 29.2 Å². The molecule has 0 bridgehead atoms. The Morgan fingerprint density at radius 2 is 1.72 bits per heavy atom. The van der Waals surface area contributed by atoms with E-state index in [0.717, 1.165) is 0 Å². The molecule has 0 amide bonds. The van der Waals surface area contributed by atoms with Gasteiger partial charge in [-0.2, -0.15) is 9.97 Å². The Labute approximate surface area is 248 Å². The summed E-state index contributed by atoms with van der Waals surface area (Å²) in [5, 5.41) is 28.2. The van der Waals surface area contributed by atoms with Crippen LogP contribution in [0.4, 0.5) is 5.95 Å². The number of methoxy groups -OCH3 is 1. The molecule has 7 atom stereocenters. The first-order valence-corrected chi connectivity index (χ1v) is 15.7. The van der Waals surface area contributed by atoms with Crippen molar-refractivity contribution in [3.8, 4) is 5.88 Å². The number of ether oxygens (including phenoxy) is 4. The van der Waals surface area contributed by atoms with Crippen LogP contribution in [0.2, 0.25) is 0 Å². The van der Waals surface area contributed by atoms with E-state index in [0.29, 0.717) is 5.52 Å². The second kappa shape index (κ2) is 12.6. The van der Waals surface area contributed by atoms with Crippen LogP contribution in [0, 0.1) is 0 Å². The maximum atomic E-state index is 14.1. The molecule has 1 saturated heterocycles. The van der Waals surface area contributed by atoms with Gasteiger partial charge in [-0.15, -0.1) is 0 Å². The van der Waals surface area contributed by atoms with Crippen molar-refractivity contribution in [2.75, 3.05) is 32.7 Å². The number of imidazole rings is 1. The van der Waals surface area contributed by atoms with Crippen molar-refractivity contribution in [1.82, 2.24) is 29.7 Å². The lowest BCUT2D eigenvalue weighted by Gasteiger charge is -2.30. The van der Waals surface area contributed by atoms with Crippen molar-refractivity contribution in [2.24, 2.45) is 0 Å². The van der Waals surface area contributed by atoms with Crippen LogP contribution in [0.3, 0.4) is 0 Å². The SMILES string of the molecule is CCOC(=O)C(CC)NP(=O)(NC(CC)C(=O)OCC)OCC1OC2(C)C(n3cnc4c(OC)nc(N)nc43)C2(O)C1O. The number of aliphatic hydroxyl groups is 2. The molecular formula is C25H40N7O10P. The smallest absolute Gasteiger partial charge is 0.342 e. The number of nitrogens with zero attached hydrogens (tertiary/aromatic N) is 4. The van der Waals surface area contributed by atoms with Gasteiger partial charge in [-0.3, -0.25) is 14.2 Å². The van der Waals surface area contributed by atoms with Crippen molar-refractivity contribution in [2.45, 2.75) is 89.0 Å². The van der Waals surface area contributed by atoms with Crippen molar-refractivity contribution >= 4 is 36.7 Å². The number of fused-ring (bicyclic) bond motifs is 2. The van der Waals surface area contributed by atoms with E-state index in [9.17, 15) is 24.4 Å². The van der Waals surface area contributed by atoms with Gasteiger partial charge in [0.1, 0.15) is 41.5 Å². The van der Waals surface area contributed by atoms with Gasteiger partial charge in [-0.1, -0.05) is 13.8 Å². The lowest BCUT2D eigenvalue weighted by atomic mass is 10.1. The second-order valence-corrected chi connectivity index (χ2v) is 12.3. The summed E-state index contributed by atoms with van der Waals surface area (Å²) >= 11 is 0. The number of aromatic nitrogens is 4. The van der Waals surface area contributed by atoms with Crippen LogP contribution in [0.25, 0.3) is 11.2 Å². The number of hydrogen-bond donors (Lipinski definition) is 5. The number of aliphatic hydroxyl groups excluding tert-OH is 1.